The number of benzene rings is 1. The standard InChI is InChI=1S/C20H28N2O3.CH2O2/c1-13-7-19(23-4)14(2)6-16(13)10-22-11-17(20(12-22)24-5)9-18-8-15(3)21-25-18;2-1-3/h6-8,17,20H,9-12H2,1-5H3;1H,(H,2,3)/t17-,20+;/m1./s1. The summed E-state index contributed by atoms with van der Waals surface area (Å²) in [5.74, 6) is 2.33. The predicted octanol–water partition coefficient (Wildman–Crippen LogP) is 3.00. The number of carbonyl (C=O) groups is 1. The van der Waals surface area contributed by atoms with E-state index in [-0.39, 0.29) is 12.6 Å². The normalized spacial score (nSPS) is 19.2. The molecule has 1 N–H and O–H groups in total. The Bertz CT molecular complexity index is 774. The summed E-state index contributed by atoms with van der Waals surface area (Å²) in [6.07, 6.45) is 1.10. The van der Waals surface area contributed by atoms with Gasteiger partial charge in [0.05, 0.1) is 18.9 Å². The van der Waals surface area contributed by atoms with Gasteiger partial charge in [-0.2, -0.15) is 0 Å². The molecule has 2 aromatic rings. The smallest absolute Gasteiger partial charge is 0.290 e. The topological polar surface area (TPSA) is 85.0 Å². The molecule has 0 spiro atoms. The summed E-state index contributed by atoms with van der Waals surface area (Å²) in [7, 11) is 3.52. The lowest BCUT2D eigenvalue weighted by Gasteiger charge is -2.18. The minimum Gasteiger partial charge on any atom is -0.496 e. The van der Waals surface area contributed by atoms with Crippen LogP contribution in [0.15, 0.2) is 22.7 Å². The zero-order valence-electron chi connectivity index (χ0n) is 17.3. The van der Waals surface area contributed by atoms with Crippen molar-refractivity contribution in [1.29, 1.82) is 0 Å². The van der Waals surface area contributed by atoms with Crippen molar-refractivity contribution in [1.82, 2.24) is 10.1 Å². The van der Waals surface area contributed by atoms with Crippen molar-refractivity contribution >= 4 is 6.47 Å². The Morgan fingerprint density at radius 2 is 1.93 bits per heavy atom. The summed E-state index contributed by atoms with van der Waals surface area (Å²) in [4.78, 5) is 10.8. The fourth-order valence-electron chi connectivity index (χ4n) is 3.77. The number of aryl methyl sites for hydroxylation is 3. The van der Waals surface area contributed by atoms with Gasteiger partial charge in [-0.15, -0.1) is 0 Å². The molecule has 0 unspecified atom stereocenters. The Hall–Kier alpha value is -2.38. The molecule has 0 radical (unpaired) electrons. The average Bonchev–Trinajstić information content (AvgIpc) is 3.24. The van der Waals surface area contributed by atoms with Crippen LogP contribution in [0.5, 0.6) is 5.75 Å². The summed E-state index contributed by atoms with van der Waals surface area (Å²) in [5.41, 5.74) is 4.73. The number of methoxy groups -OCH3 is 2. The van der Waals surface area contributed by atoms with E-state index in [9.17, 15) is 0 Å². The molecule has 7 heteroatoms. The molecule has 2 heterocycles. The molecule has 1 aliphatic rings. The van der Waals surface area contributed by atoms with E-state index in [1.807, 2.05) is 13.0 Å². The lowest BCUT2D eigenvalue weighted by Crippen LogP contribution is -2.23. The number of nitrogens with zero attached hydrogens (tertiary/aromatic N) is 2. The highest BCUT2D eigenvalue weighted by atomic mass is 16.5. The second-order valence-electron chi connectivity index (χ2n) is 7.22. The van der Waals surface area contributed by atoms with Gasteiger partial charge in [0.15, 0.2) is 0 Å². The van der Waals surface area contributed by atoms with E-state index in [1.54, 1.807) is 14.2 Å². The molecule has 0 amide bonds. The van der Waals surface area contributed by atoms with Crippen LogP contribution in [-0.4, -0.2) is 55.0 Å². The van der Waals surface area contributed by atoms with Gasteiger partial charge in [-0.25, -0.2) is 0 Å². The Balaban J connectivity index is 0.000000878. The lowest BCUT2D eigenvalue weighted by atomic mass is 10.0. The summed E-state index contributed by atoms with van der Waals surface area (Å²) in [6, 6.07) is 6.39. The maximum atomic E-state index is 8.36. The number of ether oxygens (including phenoxy) is 2. The van der Waals surface area contributed by atoms with Crippen LogP contribution < -0.4 is 4.74 Å². The number of aromatic nitrogens is 1. The molecule has 2 atom stereocenters. The second-order valence-corrected chi connectivity index (χ2v) is 7.22. The van der Waals surface area contributed by atoms with E-state index in [0.29, 0.717) is 5.92 Å². The minimum atomic E-state index is -0.250. The van der Waals surface area contributed by atoms with Gasteiger partial charge in [-0.05, 0) is 43.5 Å². The molecule has 0 bridgehead atoms. The van der Waals surface area contributed by atoms with Crippen molar-refractivity contribution in [2.45, 2.75) is 39.8 Å². The van der Waals surface area contributed by atoms with E-state index in [2.05, 4.69) is 36.0 Å². The summed E-state index contributed by atoms with van der Waals surface area (Å²) in [6.45, 7) is 8.83. The summed E-state index contributed by atoms with van der Waals surface area (Å²) in [5, 5.41) is 10.9. The fraction of sp³-hybridized carbons (Fsp3) is 0.524. The van der Waals surface area contributed by atoms with Crippen molar-refractivity contribution in [3.8, 4) is 5.75 Å². The molecule has 1 fully saturated rings. The molecule has 0 aliphatic carbocycles. The van der Waals surface area contributed by atoms with Gasteiger partial charge in [-0.1, -0.05) is 11.2 Å². The third-order valence-electron chi connectivity index (χ3n) is 5.15. The molecule has 154 valence electrons. The Morgan fingerprint density at radius 1 is 1.21 bits per heavy atom. The molecule has 1 saturated heterocycles. The van der Waals surface area contributed by atoms with E-state index in [1.165, 1.54) is 16.7 Å². The van der Waals surface area contributed by atoms with Crippen LogP contribution in [0.25, 0.3) is 0 Å². The van der Waals surface area contributed by atoms with Gasteiger partial charge in [0.1, 0.15) is 11.5 Å². The summed E-state index contributed by atoms with van der Waals surface area (Å²) >= 11 is 0. The molecule has 0 saturated carbocycles. The van der Waals surface area contributed by atoms with Crippen LogP contribution >= 0.6 is 0 Å². The van der Waals surface area contributed by atoms with Crippen LogP contribution in [0, 0.1) is 26.7 Å². The van der Waals surface area contributed by atoms with E-state index in [0.717, 1.165) is 43.3 Å². The Kier molecular flexibility index (Phi) is 8.02. The van der Waals surface area contributed by atoms with Crippen LogP contribution in [0.2, 0.25) is 0 Å². The molecular formula is C21H30N2O5. The maximum Gasteiger partial charge on any atom is 0.290 e. The first-order valence-corrected chi connectivity index (χ1v) is 9.31. The van der Waals surface area contributed by atoms with Crippen LogP contribution in [0.4, 0.5) is 0 Å². The summed E-state index contributed by atoms with van der Waals surface area (Å²) < 4.78 is 16.6. The van der Waals surface area contributed by atoms with Gasteiger partial charge in [-0.3, -0.25) is 9.69 Å². The molecule has 28 heavy (non-hydrogen) atoms. The first-order valence-electron chi connectivity index (χ1n) is 9.31. The van der Waals surface area contributed by atoms with E-state index < -0.39 is 0 Å². The number of hydrogen-bond acceptors (Lipinski definition) is 6. The fourth-order valence-corrected chi connectivity index (χ4v) is 3.77. The molecule has 3 rings (SSSR count). The molecule has 1 aromatic carbocycles. The van der Waals surface area contributed by atoms with Crippen molar-refractivity contribution in [3.05, 3.63) is 46.3 Å². The third kappa shape index (κ3) is 5.56. The number of hydrogen-bond donors (Lipinski definition) is 1. The van der Waals surface area contributed by atoms with Crippen LogP contribution in [-0.2, 0) is 22.5 Å². The number of rotatable bonds is 6. The van der Waals surface area contributed by atoms with Gasteiger partial charge in [0.2, 0.25) is 0 Å². The highest BCUT2D eigenvalue weighted by molar-refractivity contribution is 5.41. The van der Waals surface area contributed by atoms with Gasteiger partial charge >= 0.3 is 0 Å². The van der Waals surface area contributed by atoms with Crippen LogP contribution in [0.3, 0.4) is 0 Å². The largest absolute Gasteiger partial charge is 0.496 e. The first-order chi connectivity index (χ1) is 13.4. The van der Waals surface area contributed by atoms with Crippen LogP contribution in [0.1, 0.15) is 28.1 Å². The first kappa shape index (κ1) is 21.9. The quantitative estimate of drug-likeness (QED) is 0.759. The van der Waals surface area contributed by atoms with Crippen molar-refractivity contribution in [2.75, 3.05) is 27.3 Å². The van der Waals surface area contributed by atoms with Crippen molar-refractivity contribution < 1.29 is 23.9 Å². The third-order valence-corrected chi connectivity index (χ3v) is 5.15. The number of likely N-dealkylation sites (tertiary alicyclic amines) is 1. The Morgan fingerprint density at radius 3 is 2.50 bits per heavy atom. The zero-order valence-corrected chi connectivity index (χ0v) is 17.3. The lowest BCUT2D eigenvalue weighted by molar-refractivity contribution is -0.122. The molecule has 1 aromatic heterocycles. The van der Waals surface area contributed by atoms with Gasteiger partial charge in [0, 0.05) is 45.1 Å². The molecule has 1 aliphatic heterocycles. The second kappa shape index (κ2) is 10.2. The van der Waals surface area contributed by atoms with Crippen molar-refractivity contribution in [3.63, 3.8) is 0 Å². The molecule has 7 nitrogen and oxygen atoms in total. The molecular weight excluding hydrogens is 360 g/mol. The SMILES string of the molecule is COc1cc(C)c(CN2C[C@@H](Cc3cc(C)no3)[C@@H](OC)C2)cc1C.O=CO. The average molecular weight is 390 g/mol. The van der Waals surface area contributed by atoms with E-state index in [4.69, 9.17) is 23.9 Å². The van der Waals surface area contributed by atoms with Crippen molar-refractivity contribution in [2.24, 2.45) is 5.92 Å². The van der Waals surface area contributed by atoms with Gasteiger partial charge in [0.25, 0.3) is 6.47 Å². The highest BCUT2D eigenvalue weighted by Crippen LogP contribution is 2.28. The zero-order chi connectivity index (χ0) is 20.7. The van der Waals surface area contributed by atoms with E-state index >= 15 is 0 Å². The Labute approximate surface area is 166 Å². The predicted molar refractivity (Wildman–Crippen MR) is 106 cm³/mol. The minimum absolute atomic E-state index is 0.227. The number of carboxylic acid groups (broad SMARTS) is 1. The monoisotopic (exact) mass is 390 g/mol. The maximum absolute atomic E-state index is 8.36. The highest BCUT2D eigenvalue weighted by Gasteiger charge is 2.33. The van der Waals surface area contributed by atoms with Gasteiger partial charge < -0.3 is 19.1 Å².